The minimum atomic E-state index is -4.18. The van der Waals surface area contributed by atoms with E-state index in [1.54, 1.807) is 61.5 Å². The van der Waals surface area contributed by atoms with Crippen LogP contribution in [0.15, 0.2) is 77.7 Å². The Morgan fingerprint density at radius 2 is 1.55 bits per heavy atom. The lowest BCUT2D eigenvalue weighted by atomic mass is 10.1. The molecule has 0 spiro atoms. The molecule has 0 bridgehead atoms. The molecule has 1 N–H and O–H groups in total. The Bertz CT molecular complexity index is 1440. The Morgan fingerprint density at radius 1 is 0.925 bits per heavy atom. The van der Waals surface area contributed by atoms with Crippen LogP contribution in [0.3, 0.4) is 0 Å². The van der Waals surface area contributed by atoms with Gasteiger partial charge in [0.05, 0.1) is 10.6 Å². The minimum Gasteiger partial charge on any atom is -0.352 e. The van der Waals surface area contributed by atoms with Gasteiger partial charge in [-0.1, -0.05) is 78.0 Å². The van der Waals surface area contributed by atoms with E-state index < -0.39 is 28.5 Å². The van der Waals surface area contributed by atoms with E-state index in [1.807, 2.05) is 0 Å². The number of anilines is 1. The van der Waals surface area contributed by atoms with Crippen molar-refractivity contribution in [3.63, 3.8) is 0 Å². The number of carbonyl (C=O) groups excluding carboxylic acids is 2. The lowest BCUT2D eigenvalue weighted by Crippen LogP contribution is -2.52. The summed E-state index contributed by atoms with van der Waals surface area (Å²) in [6.07, 6.45) is 3.81. The van der Waals surface area contributed by atoms with E-state index >= 15 is 0 Å². The highest BCUT2D eigenvalue weighted by molar-refractivity contribution is 7.92. The summed E-state index contributed by atoms with van der Waals surface area (Å²) >= 11 is 19.1. The number of halogens is 3. The maximum Gasteiger partial charge on any atom is 0.264 e. The van der Waals surface area contributed by atoms with Crippen LogP contribution < -0.4 is 9.62 Å². The summed E-state index contributed by atoms with van der Waals surface area (Å²) in [5.74, 6) is -0.937. The van der Waals surface area contributed by atoms with E-state index in [4.69, 9.17) is 34.8 Å². The Hall–Kier alpha value is -2.78. The van der Waals surface area contributed by atoms with Gasteiger partial charge in [0, 0.05) is 33.2 Å². The third-order valence-electron chi connectivity index (χ3n) is 6.97. The molecule has 11 heteroatoms. The number of benzene rings is 3. The van der Waals surface area contributed by atoms with Crippen LogP contribution in [0.2, 0.25) is 15.1 Å². The van der Waals surface area contributed by atoms with E-state index in [0.29, 0.717) is 20.6 Å². The summed E-state index contributed by atoms with van der Waals surface area (Å²) in [6, 6.07) is 18.2. The SMILES string of the molecule is C[C@H](C(=O)NC1CCCC1)N(Cc1c(Cl)cccc1Cl)C(=O)CN(c1cccc(Cl)c1)S(=O)(=O)c1ccccc1. The van der Waals surface area contributed by atoms with Gasteiger partial charge in [0.15, 0.2) is 0 Å². The first-order chi connectivity index (χ1) is 19.1. The molecule has 1 fully saturated rings. The predicted octanol–water partition coefficient (Wildman–Crippen LogP) is 6.32. The summed E-state index contributed by atoms with van der Waals surface area (Å²) in [5.41, 5.74) is 0.670. The molecule has 0 unspecified atom stereocenters. The standard InChI is InChI=1S/C29H30Cl3N3O4S/c1-20(29(37)33-22-10-5-6-11-22)34(18-25-26(31)15-8-16-27(25)32)28(36)19-35(23-12-7-9-21(30)17-23)40(38,39)24-13-3-2-4-14-24/h2-4,7-9,12-17,20,22H,5-6,10-11,18-19H2,1H3,(H,33,37)/t20-/m1/s1. The fourth-order valence-electron chi connectivity index (χ4n) is 4.71. The van der Waals surface area contributed by atoms with E-state index in [2.05, 4.69) is 5.32 Å². The molecule has 4 rings (SSSR count). The molecule has 3 aromatic carbocycles. The normalized spacial score (nSPS) is 14.5. The molecule has 40 heavy (non-hydrogen) atoms. The zero-order valence-electron chi connectivity index (χ0n) is 21.9. The number of nitrogens with one attached hydrogen (secondary N) is 1. The van der Waals surface area contributed by atoms with Gasteiger partial charge in [0.25, 0.3) is 10.0 Å². The highest BCUT2D eigenvalue weighted by Crippen LogP contribution is 2.29. The van der Waals surface area contributed by atoms with Crippen LogP contribution in [0.4, 0.5) is 5.69 Å². The zero-order chi connectivity index (χ0) is 28.9. The van der Waals surface area contributed by atoms with Crippen LogP contribution in [-0.4, -0.2) is 43.8 Å². The number of hydrogen-bond donors (Lipinski definition) is 1. The van der Waals surface area contributed by atoms with Crippen LogP contribution in [0.1, 0.15) is 38.2 Å². The van der Waals surface area contributed by atoms with Crippen molar-refractivity contribution in [2.75, 3.05) is 10.8 Å². The summed E-state index contributed by atoms with van der Waals surface area (Å²) in [6.45, 7) is 0.939. The number of carbonyl (C=O) groups is 2. The van der Waals surface area contributed by atoms with Gasteiger partial charge in [-0.3, -0.25) is 13.9 Å². The van der Waals surface area contributed by atoms with E-state index in [-0.39, 0.29) is 29.1 Å². The molecule has 0 aliphatic heterocycles. The van der Waals surface area contributed by atoms with Gasteiger partial charge in [-0.15, -0.1) is 0 Å². The molecule has 3 aromatic rings. The third kappa shape index (κ3) is 7.10. The maximum atomic E-state index is 14.0. The summed E-state index contributed by atoms with van der Waals surface area (Å²) in [5, 5.41) is 4.00. The van der Waals surface area contributed by atoms with Crippen molar-refractivity contribution in [1.29, 1.82) is 0 Å². The minimum absolute atomic E-state index is 0.00972. The molecule has 0 heterocycles. The molecule has 2 amide bonds. The van der Waals surface area contributed by atoms with Crippen LogP contribution in [0.25, 0.3) is 0 Å². The van der Waals surface area contributed by atoms with Gasteiger partial charge in [-0.05, 0) is 62.2 Å². The fourth-order valence-corrected chi connectivity index (χ4v) is 6.84. The largest absolute Gasteiger partial charge is 0.352 e. The van der Waals surface area contributed by atoms with Crippen molar-refractivity contribution in [2.24, 2.45) is 0 Å². The first kappa shape index (κ1) is 30.2. The summed E-state index contributed by atoms with van der Waals surface area (Å²) in [4.78, 5) is 28.6. The average Bonchev–Trinajstić information content (AvgIpc) is 3.44. The number of sulfonamides is 1. The molecule has 0 saturated heterocycles. The van der Waals surface area contributed by atoms with Gasteiger partial charge < -0.3 is 10.2 Å². The molecule has 0 radical (unpaired) electrons. The highest BCUT2D eigenvalue weighted by atomic mass is 35.5. The monoisotopic (exact) mass is 621 g/mol. The second-order valence-corrected chi connectivity index (χ2v) is 12.8. The van der Waals surface area contributed by atoms with E-state index in [9.17, 15) is 18.0 Å². The van der Waals surface area contributed by atoms with Gasteiger partial charge >= 0.3 is 0 Å². The molecule has 0 aromatic heterocycles. The number of hydrogen-bond acceptors (Lipinski definition) is 4. The fraction of sp³-hybridized carbons (Fsp3) is 0.310. The summed E-state index contributed by atoms with van der Waals surface area (Å²) in [7, 11) is -4.18. The smallest absolute Gasteiger partial charge is 0.264 e. The third-order valence-corrected chi connectivity index (χ3v) is 9.70. The first-order valence-electron chi connectivity index (χ1n) is 12.9. The molecular weight excluding hydrogens is 593 g/mol. The van der Waals surface area contributed by atoms with Gasteiger partial charge in [-0.2, -0.15) is 0 Å². The number of amides is 2. The first-order valence-corrected chi connectivity index (χ1v) is 15.5. The predicted molar refractivity (Wildman–Crippen MR) is 159 cm³/mol. The van der Waals surface area contributed by atoms with E-state index in [0.717, 1.165) is 30.0 Å². The van der Waals surface area contributed by atoms with Crippen molar-refractivity contribution >= 4 is 62.3 Å². The molecule has 1 saturated carbocycles. The molecule has 1 aliphatic rings. The molecule has 1 aliphatic carbocycles. The number of nitrogens with zero attached hydrogens (tertiary/aromatic N) is 2. The Labute approximate surface area is 250 Å². The second kappa shape index (κ2) is 13.3. The van der Waals surface area contributed by atoms with E-state index in [1.165, 1.54) is 23.1 Å². The summed E-state index contributed by atoms with van der Waals surface area (Å²) < 4.78 is 28.6. The van der Waals surface area contributed by atoms with Crippen LogP contribution in [-0.2, 0) is 26.2 Å². The Morgan fingerprint density at radius 3 is 2.17 bits per heavy atom. The van der Waals surface area contributed by atoms with Crippen LogP contribution in [0.5, 0.6) is 0 Å². The lowest BCUT2D eigenvalue weighted by Gasteiger charge is -2.33. The Balaban J connectivity index is 1.71. The average molecular weight is 623 g/mol. The maximum absolute atomic E-state index is 14.0. The lowest BCUT2D eigenvalue weighted by molar-refractivity contribution is -0.139. The van der Waals surface area contributed by atoms with Crippen LogP contribution >= 0.6 is 34.8 Å². The molecule has 212 valence electrons. The van der Waals surface area contributed by atoms with Gasteiger partial charge in [0.1, 0.15) is 12.6 Å². The highest BCUT2D eigenvalue weighted by Gasteiger charge is 2.34. The topological polar surface area (TPSA) is 86.8 Å². The number of rotatable bonds is 10. The van der Waals surface area contributed by atoms with Crippen molar-refractivity contribution in [3.8, 4) is 0 Å². The zero-order valence-corrected chi connectivity index (χ0v) is 25.0. The van der Waals surface area contributed by atoms with Crippen molar-refractivity contribution in [3.05, 3.63) is 93.4 Å². The van der Waals surface area contributed by atoms with Crippen molar-refractivity contribution in [2.45, 2.75) is 56.1 Å². The van der Waals surface area contributed by atoms with Crippen molar-refractivity contribution in [1.82, 2.24) is 10.2 Å². The van der Waals surface area contributed by atoms with Gasteiger partial charge in [-0.25, -0.2) is 8.42 Å². The Kier molecular flexibility index (Phi) is 10.0. The quantitative estimate of drug-likeness (QED) is 0.287. The second-order valence-electron chi connectivity index (χ2n) is 9.69. The molecule has 1 atom stereocenters. The van der Waals surface area contributed by atoms with Gasteiger partial charge in [0.2, 0.25) is 11.8 Å². The molecule has 7 nitrogen and oxygen atoms in total. The molecular formula is C29H30Cl3N3O4S. The van der Waals surface area contributed by atoms with Crippen LogP contribution in [0, 0.1) is 0 Å². The van der Waals surface area contributed by atoms with Crippen molar-refractivity contribution < 1.29 is 18.0 Å².